The third-order valence-corrected chi connectivity index (χ3v) is 5.27. The predicted octanol–water partition coefficient (Wildman–Crippen LogP) is 2.70. The number of fused-ring (bicyclic) bond motifs is 1. The van der Waals surface area contributed by atoms with Crippen LogP contribution in [0.4, 0.5) is 0 Å². The van der Waals surface area contributed by atoms with E-state index in [4.69, 9.17) is 9.47 Å². The molecule has 3 heteroatoms. The van der Waals surface area contributed by atoms with E-state index < -0.39 is 0 Å². The van der Waals surface area contributed by atoms with Crippen molar-refractivity contribution in [1.29, 1.82) is 0 Å². The Morgan fingerprint density at radius 3 is 2.94 bits per heavy atom. The second-order valence-electron chi connectivity index (χ2n) is 5.99. The minimum atomic E-state index is -0.0674. The molecule has 100 valence electrons. The van der Waals surface area contributed by atoms with Gasteiger partial charge in [0.1, 0.15) is 0 Å². The fraction of sp³-hybridized carbons (Fsp3) is 0.800. The molecule has 3 aliphatic rings. The Balaban J connectivity index is 1.76. The molecule has 1 aliphatic heterocycles. The van der Waals surface area contributed by atoms with E-state index in [1.165, 1.54) is 13.5 Å². The van der Waals surface area contributed by atoms with Crippen LogP contribution in [-0.4, -0.2) is 25.3 Å². The Labute approximate surface area is 109 Å². The van der Waals surface area contributed by atoms with Crippen molar-refractivity contribution < 1.29 is 14.3 Å². The van der Waals surface area contributed by atoms with Crippen molar-refractivity contribution in [1.82, 2.24) is 0 Å². The first kappa shape index (κ1) is 12.2. The first-order chi connectivity index (χ1) is 8.68. The maximum absolute atomic E-state index is 11.6. The van der Waals surface area contributed by atoms with Gasteiger partial charge in [0.25, 0.3) is 0 Å². The van der Waals surface area contributed by atoms with Gasteiger partial charge in [-0.1, -0.05) is 19.1 Å². The van der Waals surface area contributed by atoms with E-state index in [1.807, 2.05) is 0 Å². The Bertz CT molecular complexity index is 383. The molecule has 0 aromatic rings. The van der Waals surface area contributed by atoms with Gasteiger partial charge in [-0.15, -0.1) is 0 Å². The number of rotatable bonds is 4. The average molecular weight is 250 g/mol. The van der Waals surface area contributed by atoms with E-state index in [1.54, 1.807) is 0 Å². The molecule has 3 nitrogen and oxygen atoms in total. The van der Waals surface area contributed by atoms with E-state index in [-0.39, 0.29) is 17.0 Å². The molecule has 2 aliphatic carbocycles. The zero-order chi connectivity index (χ0) is 12.8. The van der Waals surface area contributed by atoms with E-state index in [9.17, 15) is 4.79 Å². The highest BCUT2D eigenvalue weighted by molar-refractivity contribution is 5.70. The standard InChI is InChI=1S/C15H22O3/c1-3-4-5-12-9-15(12)11(8-13(16)17-2)6-7-14(15)10-18-14/h4-5,11-12H,3,6-10H2,1-2H3/b5-4-/t11-,12-,14?,15?/m1/s1. The van der Waals surface area contributed by atoms with Crippen LogP contribution in [0, 0.1) is 17.3 Å². The second-order valence-corrected chi connectivity index (χ2v) is 5.99. The van der Waals surface area contributed by atoms with Gasteiger partial charge in [-0.25, -0.2) is 0 Å². The molecule has 2 unspecified atom stereocenters. The van der Waals surface area contributed by atoms with E-state index in [0.29, 0.717) is 18.3 Å². The van der Waals surface area contributed by atoms with E-state index >= 15 is 0 Å². The lowest BCUT2D eigenvalue weighted by molar-refractivity contribution is -0.142. The molecule has 0 N–H and O–H groups in total. The molecule has 0 aromatic heterocycles. The molecule has 2 saturated carbocycles. The Kier molecular flexibility index (Phi) is 2.77. The minimum Gasteiger partial charge on any atom is -0.469 e. The third-order valence-electron chi connectivity index (χ3n) is 5.27. The van der Waals surface area contributed by atoms with Gasteiger partial charge in [-0.3, -0.25) is 4.79 Å². The molecule has 1 heterocycles. The molecule has 0 aromatic carbocycles. The van der Waals surface area contributed by atoms with Gasteiger partial charge in [0, 0.05) is 11.8 Å². The van der Waals surface area contributed by atoms with Crippen LogP contribution in [0.3, 0.4) is 0 Å². The summed E-state index contributed by atoms with van der Waals surface area (Å²) >= 11 is 0. The van der Waals surface area contributed by atoms with Gasteiger partial charge >= 0.3 is 5.97 Å². The van der Waals surface area contributed by atoms with Gasteiger partial charge in [0.2, 0.25) is 0 Å². The van der Waals surface area contributed by atoms with Crippen LogP contribution in [0.15, 0.2) is 12.2 Å². The number of allylic oxidation sites excluding steroid dienone is 2. The normalized spacial score (nSPS) is 45.0. The van der Waals surface area contributed by atoms with Crippen molar-refractivity contribution in [3.05, 3.63) is 12.2 Å². The van der Waals surface area contributed by atoms with Gasteiger partial charge < -0.3 is 9.47 Å². The zero-order valence-electron chi connectivity index (χ0n) is 11.3. The van der Waals surface area contributed by atoms with Gasteiger partial charge in [0.05, 0.1) is 19.3 Å². The third kappa shape index (κ3) is 1.56. The second kappa shape index (κ2) is 4.09. The van der Waals surface area contributed by atoms with Crippen molar-refractivity contribution in [2.45, 2.75) is 44.6 Å². The number of hydrogen-bond donors (Lipinski definition) is 0. The van der Waals surface area contributed by atoms with Crippen molar-refractivity contribution in [2.75, 3.05) is 13.7 Å². The highest BCUT2D eigenvalue weighted by Gasteiger charge is 2.77. The number of epoxide rings is 1. The van der Waals surface area contributed by atoms with Crippen molar-refractivity contribution >= 4 is 5.97 Å². The Morgan fingerprint density at radius 1 is 1.56 bits per heavy atom. The number of carbonyl (C=O) groups excluding carboxylic acids is 1. The molecule has 2 spiro atoms. The summed E-state index contributed by atoms with van der Waals surface area (Å²) in [5.74, 6) is 1.01. The molecular formula is C15H22O3. The largest absolute Gasteiger partial charge is 0.469 e. The zero-order valence-corrected chi connectivity index (χ0v) is 11.3. The minimum absolute atomic E-state index is 0.0674. The summed E-state index contributed by atoms with van der Waals surface area (Å²) in [6, 6.07) is 0. The predicted molar refractivity (Wildman–Crippen MR) is 68.0 cm³/mol. The number of methoxy groups -OCH3 is 1. The molecule has 0 amide bonds. The quantitative estimate of drug-likeness (QED) is 0.437. The van der Waals surface area contributed by atoms with Gasteiger partial charge in [-0.05, 0) is 37.5 Å². The number of esters is 1. The van der Waals surface area contributed by atoms with Crippen LogP contribution in [0.5, 0.6) is 0 Å². The number of hydrogen-bond acceptors (Lipinski definition) is 3. The molecule has 18 heavy (non-hydrogen) atoms. The van der Waals surface area contributed by atoms with Gasteiger partial charge in [-0.2, -0.15) is 0 Å². The fourth-order valence-electron chi connectivity index (χ4n) is 4.18. The lowest BCUT2D eigenvalue weighted by Gasteiger charge is -2.22. The van der Waals surface area contributed by atoms with E-state index in [2.05, 4.69) is 19.1 Å². The molecule has 1 saturated heterocycles. The van der Waals surface area contributed by atoms with E-state index in [0.717, 1.165) is 25.9 Å². The van der Waals surface area contributed by atoms with Crippen molar-refractivity contribution in [3.63, 3.8) is 0 Å². The van der Waals surface area contributed by atoms with Gasteiger partial charge in [0.15, 0.2) is 0 Å². The summed E-state index contributed by atoms with van der Waals surface area (Å²) < 4.78 is 10.6. The summed E-state index contributed by atoms with van der Waals surface area (Å²) in [6.45, 7) is 3.07. The fourth-order valence-corrected chi connectivity index (χ4v) is 4.18. The highest BCUT2D eigenvalue weighted by atomic mass is 16.6. The first-order valence-electron chi connectivity index (χ1n) is 7.06. The smallest absolute Gasteiger partial charge is 0.305 e. The maximum Gasteiger partial charge on any atom is 0.305 e. The van der Waals surface area contributed by atoms with Crippen LogP contribution < -0.4 is 0 Å². The van der Waals surface area contributed by atoms with Crippen molar-refractivity contribution in [2.24, 2.45) is 17.3 Å². The molecular weight excluding hydrogens is 228 g/mol. The molecule has 3 fully saturated rings. The van der Waals surface area contributed by atoms with Crippen LogP contribution >= 0.6 is 0 Å². The summed E-state index contributed by atoms with van der Waals surface area (Å²) in [7, 11) is 1.48. The molecule has 3 rings (SSSR count). The maximum atomic E-state index is 11.6. The monoisotopic (exact) mass is 250 g/mol. The lowest BCUT2D eigenvalue weighted by atomic mass is 9.81. The number of carbonyl (C=O) groups is 1. The molecule has 0 radical (unpaired) electrons. The average Bonchev–Trinajstić information content (AvgIpc) is 3.23. The van der Waals surface area contributed by atoms with Crippen molar-refractivity contribution in [3.8, 4) is 0 Å². The summed E-state index contributed by atoms with van der Waals surface area (Å²) in [5.41, 5.74) is 0.376. The van der Waals surface area contributed by atoms with Crippen LogP contribution in [0.1, 0.15) is 39.0 Å². The summed E-state index contributed by atoms with van der Waals surface area (Å²) in [4.78, 5) is 11.6. The summed E-state index contributed by atoms with van der Waals surface area (Å²) in [5, 5.41) is 0. The molecule has 4 atom stereocenters. The highest BCUT2D eigenvalue weighted by Crippen LogP contribution is 2.76. The van der Waals surface area contributed by atoms with Crippen LogP contribution in [-0.2, 0) is 14.3 Å². The van der Waals surface area contributed by atoms with Crippen LogP contribution in [0.2, 0.25) is 0 Å². The first-order valence-corrected chi connectivity index (χ1v) is 7.06. The molecule has 0 bridgehead atoms. The summed E-state index contributed by atoms with van der Waals surface area (Å²) in [6.07, 6.45) is 9.70. The lowest BCUT2D eigenvalue weighted by Crippen LogP contribution is -2.28. The SMILES string of the molecule is CC/C=C\[C@@H]1CC12[C@@H](CC(=O)OC)CCC21CO1. The van der Waals surface area contributed by atoms with Crippen LogP contribution in [0.25, 0.3) is 0 Å². The topological polar surface area (TPSA) is 38.8 Å². The Hall–Kier alpha value is -0.830. The number of ether oxygens (including phenoxy) is 2. The Morgan fingerprint density at radius 2 is 2.33 bits per heavy atom.